The van der Waals surface area contributed by atoms with Crippen molar-refractivity contribution in [3.63, 3.8) is 0 Å². The van der Waals surface area contributed by atoms with E-state index in [1.165, 1.54) is 12.8 Å². The molecular weight excluding hydrogens is 202 g/mol. The topological polar surface area (TPSA) is 47.8 Å². The van der Waals surface area contributed by atoms with Crippen molar-refractivity contribution in [3.05, 3.63) is 12.2 Å². The number of Topliss-reactive ketones (excluding diaryl/α,β-unsaturated/α-hetero) is 1. The van der Waals surface area contributed by atoms with Gasteiger partial charge in [-0.05, 0) is 19.3 Å². The molecule has 4 heteroatoms. The smallest absolute Gasteiger partial charge is 0.143 e. The van der Waals surface area contributed by atoms with Crippen molar-refractivity contribution < 1.29 is 4.79 Å². The molecular formula is C12H19N3O. The summed E-state index contributed by atoms with van der Waals surface area (Å²) in [5.74, 6) is 1.47. The molecule has 88 valence electrons. The number of hydrogen-bond donors (Lipinski definition) is 0. The highest BCUT2D eigenvalue weighted by molar-refractivity contribution is 5.82. The van der Waals surface area contributed by atoms with E-state index in [2.05, 4.69) is 17.0 Å². The van der Waals surface area contributed by atoms with Gasteiger partial charge in [0.1, 0.15) is 17.9 Å². The van der Waals surface area contributed by atoms with Gasteiger partial charge in [0.05, 0.1) is 6.42 Å². The Labute approximate surface area is 96.1 Å². The van der Waals surface area contributed by atoms with Gasteiger partial charge in [-0.25, -0.2) is 9.67 Å². The van der Waals surface area contributed by atoms with Crippen molar-refractivity contribution in [2.75, 3.05) is 0 Å². The summed E-state index contributed by atoms with van der Waals surface area (Å²) in [6.07, 6.45) is 7.59. The van der Waals surface area contributed by atoms with Crippen LogP contribution in [0.1, 0.15) is 44.9 Å². The van der Waals surface area contributed by atoms with Gasteiger partial charge in [0.25, 0.3) is 0 Å². The second-order valence-electron chi connectivity index (χ2n) is 4.52. The maximum Gasteiger partial charge on any atom is 0.143 e. The highest BCUT2D eigenvalue weighted by Crippen LogP contribution is 2.26. The van der Waals surface area contributed by atoms with Crippen LogP contribution in [0.2, 0.25) is 0 Å². The Balaban J connectivity index is 1.96. The molecule has 4 nitrogen and oxygen atoms in total. The lowest BCUT2D eigenvalue weighted by Crippen LogP contribution is -2.17. The Kier molecular flexibility index (Phi) is 3.70. The van der Waals surface area contributed by atoms with Crippen LogP contribution in [-0.4, -0.2) is 20.5 Å². The molecule has 0 radical (unpaired) electrons. The summed E-state index contributed by atoms with van der Waals surface area (Å²) in [6.45, 7) is 2.96. The highest BCUT2D eigenvalue weighted by Gasteiger charge is 2.23. The lowest BCUT2D eigenvalue weighted by molar-refractivity contribution is -0.122. The fourth-order valence-corrected chi connectivity index (χ4v) is 2.37. The molecule has 0 atom stereocenters. The standard InChI is InChI=1S/C12H19N3O/c1-2-7-15-12(13-9-14-15)8-11(16)10-5-3-4-6-10/h9-10H,2-8H2,1H3. The van der Waals surface area contributed by atoms with Gasteiger partial charge < -0.3 is 0 Å². The summed E-state index contributed by atoms with van der Waals surface area (Å²) in [4.78, 5) is 16.2. The highest BCUT2D eigenvalue weighted by atomic mass is 16.1. The number of carbonyl (C=O) groups excluding carboxylic acids is 1. The zero-order chi connectivity index (χ0) is 11.4. The summed E-state index contributed by atoms with van der Waals surface area (Å²) in [7, 11) is 0. The molecule has 0 bridgehead atoms. The molecule has 16 heavy (non-hydrogen) atoms. The summed E-state index contributed by atoms with van der Waals surface area (Å²) in [5.41, 5.74) is 0. The number of hydrogen-bond acceptors (Lipinski definition) is 3. The lowest BCUT2D eigenvalue weighted by Gasteiger charge is -2.08. The van der Waals surface area contributed by atoms with Crippen molar-refractivity contribution >= 4 is 5.78 Å². The van der Waals surface area contributed by atoms with Crippen molar-refractivity contribution in [2.24, 2.45) is 5.92 Å². The first-order valence-corrected chi connectivity index (χ1v) is 6.20. The number of carbonyl (C=O) groups is 1. The van der Waals surface area contributed by atoms with Crippen molar-refractivity contribution in [1.29, 1.82) is 0 Å². The average molecular weight is 221 g/mol. The predicted molar refractivity (Wildman–Crippen MR) is 61.0 cm³/mol. The van der Waals surface area contributed by atoms with Gasteiger partial charge in [0, 0.05) is 12.5 Å². The fraction of sp³-hybridized carbons (Fsp3) is 0.750. The van der Waals surface area contributed by atoms with E-state index in [0.717, 1.165) is 31.6 Å². The van der Waals surface area contributed by atoms with E-state index in [1.807, 2.05) is 4.68 Å². The zero-order valence-corrected chi connectivity index (χ0v) is 9.85. The molecule has 0 spiro atoms. The minimum absolute atomic E-state index is 0.284. The van der Waals surface area contributed by atoms with Gasteiger partial charge in [-0.3, -0.25) is 4.79 Å². The Morgan fingerprint density at radius 2 is 2.25 bits per heavy atom. The molecule has 0 aliphatic heterocycles. The molecule has 1 saturated carbocycles. The number of nitrogens with zero attached hydrogens (tertiary/aromatic N) is 3. The van der Waals surface area contributed by atoms with Crippen molar-refractivity contribution in [1.82, 2.24) is 14.8 Å². The van der Waals surface area contributed by atoms with E-state index in [4.69, 9.17) is 0 Å². The van der Waals surface area contributed by atoms with Crippen LogP contribution in [0.4, 0.5) is 0 Å². The summed E-state index contributed by atoms with van der Waals surface area (Å²) < 4.78 is 1.85. The number of ketones is 1. The molecule has 1 fully saturated rings. The SMILES string of the molecule is CCCn1ncnc1CC(=O)C1CCCC1. The largest absolute Gasteiger partial charge is 0.299 e. The summed E-state index contributed by atoms with van der Waals surface area (Å²) in [5, 5.41) is 4.14. The van der Waals surface area contributed by atoms with Crippen molar-refractivity contribution in [3.8, 4) is 0 Å². The molecule has 1 heterocycles. The third kappa shape index (κ3) is 2.49. The van der Waals surface area contributed by atoms with Crippen LogP contribution in [-0.2, 0) is 17.8 Å². The van der Waals surface area contributed by atoms with Gasteiger partial charge in [-0.15, -0.1) is 0 Å². The van der Waals surface area contributed by atoms with E-state index in [-0.39, 0.29) is 5.92 Å². The van der Waals surface area contributed by atoms with Crippen LogP contribution < -0.4 is 0 Å². The van der Waals surface area contributed by atoms with Crippen LogP contribution >= 0.6 is 0 Å². The molecule has 0 unspecified atom stereocenters. The molecule has 0 aromatic carbocycles. The minimum atomic E-state index is 0.284. The van der Waals surface area contributed by atoms with E-state index >= 15 is 0 Å². The van der Waals surface area contributed by atoms with Crippen LogP contribution in [0.5, 0.6) is 0 Å². The normalized spacial score (nSPS) is 16.8. The molecule has 2 rings (SSSR count). The maximum absolute atomic E-state index is 12.0. The minimum Gasteiger partial charge on any atom is -0.299 e. The molecule has 1 aromatic rings. The first-order chi connectivity index (χ1) is 7.81. The van der Waals surface area contributed by atoms with Gasteiger partial charge >= 0.3 is 0 Å². The van der Waals surface area contributed by atoms with E-state index in [0.29, 0.717) is 12.2 Å². The van der Waals surface area contributed by atoms with Crippen LogP contribution in [0, 0.1) is 5.92 Å². The first kappa shape index (κ1) is 11.3. The van der Waals surface area contributed by atoms with E-state index in [9.17, 15) is 4.79 Å². The van der Waals surface area contributed by atoms with E-state index < -0.39 is 0 Å². The van der Waals surface area contributed by atoms with Gasteiger partial charge in [-0.1, -0.05) is 19.8 Å². The molecule has 1 aliphatic carbocycles. The molecule has 0 N–H and O–H groups in total. The number of rotatable bonds is 5. The van der Waals surface area contributed by atoms with Gasteiger partial charge in [-0.2, -0.15) is 5.10 Å². The fourth-order valence-electron chi connectivity index (χ4n) is 2.37. The number of aromatic nitrogens is 3. The third-order valence-corrected chi connectivity index (χ3v) is 3.27. The Hall–Kier alpha value is -1.19. The Morgan fingerprint density at radius 3 is 2.94 bits per heavy atom. The average Bonchev–Trinajstić information content (AvgIpc) is 2.90. The second kappa shape index (κ2) is 5.23. The molecule has 0 amide bonds. The zero-order valence-electron chi connectivity index (χ0n) is 9.85. The lowest BCUT2D eigenvalue weighted by atomic mass is 10.00. The van der Waals surface area contributed by atoms with Crippen LogP contribution in [0.25, 0.3) is 0 Å². The second-order valence-corrected chi connectivity index (χ2v) is 4.52. The van der Waals surface area contributed by atoms with Gasteiger partial charge in [0.15, 0.2) is 0 Å². The molecule has 1 aromatic heterocycles. The summed E-state index contributed by atoms with van der Waals surface area (Å²) in [6, 6.07) is 0. The Bertz CT molecular complexity index is 353. The quantitative estimate of drug-likeness (QED) is 0.764. The van der Waals surface area contributed by atoms with Crippen LogP contribution in [0.15, 0.2) is 6.33 Å². The first-order valence-electron chi connectivity index (χ1n) is 6.20. The maximum atomic E-state index is 12.0. The van der Waals surface area contributed by atoms with Crippen molar-refractivity contribution in [2.45, 2.75) is 52.0 Å². The molecule has 1 aliphatic rings. The van der Waals surface area contributed by atoms with Crippen LogP contribution in [0.3, 0.4) is 0 Å². The predicted octanol–water partition coefficient (Wildman–Crippen LogP) is 1.99. The Morgan fingerprint density at radius 1 is 1.50 bits per heavy atom. The third-order valence-electron chi connectivity index (χ3n) is 3.27. The van der Waals surface area contributed by atoms with Gasteiger partial charge in [0.2, 0.25) is 0 Å². The summed E-state index contributed by atoms with van der Waals surface area (Å²) >= 11 is 0. The van der Waals surface area contributed by atoms with E-state index in [1.54, 1.807) is 6.33 Å². The monoisotopic (exact) mass is 221 g/mol. The number of aryl methyl sites for hydroxylation is 1. The molecule has 0 saturated heterocycles.